The minimum atomic E-state index is -0.0892. The molecule has 0 fully saturated rings. The van der Waals surface area contributed by atoms with Gasteiger partial charge in [-0.15, -0.1) is 0 Å². The molecule has 0 saturated heterocycles. The van der Waals surface area contributed by atoms with E-state index in [4.69, 9.17) is 10.5 Å². The molecule has 19 heavy (non-hydrogen) atoms. The molecule has 0 aromatic heterocycles. The lowest BCUT2D eigenvalue weighted by Gasteiger charge is -2.16. The van der Waals surface area contributed by atoms with Crippen LogP contribution >= 0.6 is 0 Å². The number of allylic oxidation sites excluding steroid dienone is 1. The second-order valence-corrected chi connectivity index (χ2v) is 5.84. The maximum atomic E-state index is 5.97. The fourth-order valence-corrected chi connectivity index (χ4v) is 1.97. The summed E-state index contributed by atoms with van der Waals surface area (Å²) in [5.41, 5.74) is 9.58. The summed E-state index contributed by atoms with van der Waals surface area (Å²) in [5.74, 6) is 0.986. The molecule has 0 amide bonds. The fraction of sp³-hybridized carbons (Fsp3) is 0.529. The molecule has 1 aromatic carbocycles. The molecule has 0 aliphatic rings. The summed E-state index contributed by atoms with van der Waals surface area (Å²) < 4.78 is 5.60. The lowest BCUT2D eigenvalue weighted by Crippen LogP contribution is -2.31. The molecule has 0 spiro atoms. The van der Waals surface area contributed by atoms with Crippen LogP contribution in [0, 0.1) is 13.8 Å². The van der Waals surface area contributed by atoms with Gasteiger partial charge < -0.3 is 10.5 Å². The zero-order chi connectivity index (χ0) is 14.5. The Morgan fingerprint density at radius 1 is 1.21 bits per heavy atom. The van der Waals surface area contributed by atoms with Crippen molar-refractivity contribution in [3.8, 4) is 5.75 Å². The summed E-state index contributed by atoms with van der Waals surface area (Å²) in [6.45, 7) is 11.1. The van der Waals surface area contributed by atoms with Crippen molar-refractivity contribution in [3.63, 3.8) is 0 Å². The van der Waals surface area contributed by atoms with Gasteiger partial charge in [-0.1, -0.05) is 12.2 Å². The first kappa shape index (κ1) is 15.8. The number of aryl methyl sites for hydroxylation is 2. The Hall–Kier alpha value is -1.28. The first-order chi connectivity index (χ1) is 8.83. The smallest absolute Gasteiger partial charge is 0.122 e. The van der Waals surface area contributed by atoms with E-state index in [-0.39, 0.29) is 5.54 Å². The second-order valence-electron chi connectivity index (χ2n) is 5.84. The Bertz CT molecular complexity index is 441. The Morgan fingerprint density at radius 2 is 1.89 bits per heavy atom. The van der Waals surface area contributed by atoms with Crippen LogP contribution in [0.2, 0.25) is 0 Å². The molecule has 0 heterocycles. The molecule has 0 radical (unpaired) electrons. The molecule has 2 nitrogen and oxygen atoms in total. The number of hydrogen-bond acceptors (Lipinski definition) is 2. The number of nitrogens with two attached hydrogens (primary N) is 1. The molecular weight excluding hydrogens is 234 g/mol. The van der Waals surface area contributed by atoms with Gasteiger partial charge in [0.15, 0.2) is 0 Å². The van der Waals surface area contributed by atoms with E-state index in [1.54, 1.807) is 0 Å². The van der Waals surface area contributed by atoms with Crippen molar-refractivity contribution in [3.05, 3.63) is 34.9 Å². The summed E-state index contributed by atoms with van der Waals surface area (Å²) in [7, 11) is 0. The molecule has 0 unspecified atom stereocenters. The van der Waals surface area contributed by atoms with Crippen molar-refractivity contribution in [1.29, 1.82) is 0 Å². The van der Waals surface area contributed by atoms with E-state index in [1.807, 2.05) is 6.92 Å². The van der Waals surface area contributed by atoms with Crippen LogP contribution in [0.1, 0.15) is 50.3 Å². The van der Waals surface area contributed by atoms with Gasteiger partial charge in [-0.25, -0.2) is 0 Å². The predicted octanol–water partition coefficient (Wildman–Crippen LogP) is 4.23. The summed E-state index contributed by atoms with van der Waals surface area (Å²) in [6.07, 6.45) is 6.40. The van der Waals surface area contributed by atoms with Gasteiger partial charge in [-0.3, -0.25) is 0 Å². The third kappa shape index (κ3) is 5.48. The summed E-state index contributed by atoms with van der Waals surface area (Å²) in [4.78, 5) is 0. The molecule has 1 aromatic rings. The van der Waals surface area contributed by atoms with Gasteiger partial charge in [0.05, 0.1) is 6.61 Å². The van der Waals surface area contributed by atoms with Crippen molar-refractivity contribution in [1.82, 2.24) is 0 Å². The topological polar surface area (TPSA) is 35.2 Å². The van der Waals surface area contributed by atoms with Gasteiger partial charge in [-0.05, 0) is 76.3 Å². The average Bonchev–Trinajstić information content (AvgIpc) is 2.29. The van der Waals surface area contributed by atoms with E-state index >= 15 is 0 Å². The van der Waals surface area contributed by atoms with Crippen LogP contribution in [-0.2, 0) is 0 Å². The van der Waals surface area contributed by atoms with Crippen LogP contribution in [-0.4, -0.2) is 12.1 Å². The lowest BCUT2D eigenvalue weighted by atomic mass is 9.99. The number of hydrogen-bond donors (Lipinski definition) is 1. The predicted molar refractivity (Wildman–Crippen MR) is 83.6 cm³/mol. The minimum Gasteiger partial charge on any atom is -0.494 e. The maximum Gasteiger partial charge on any atom is 0.122 e. The first-order valence-corrected chi connectivity index (χ1v) is 7.03. The first-order valence-electron chi connectivity index (χ1n) is 7.03. The Kier molecular flexibility index (Phi) is 5.61. The van der Waals surface area contributed by atoms with E-state index in [1.165, 1.54) is 16.7 Å². The third-order valence-electron chi connectivity index (χ3n) is 3.12. The van der Waals surface area contributed by atoms with Crippen molar-refractivity contribution in [2.24, 2.45) is 5.73 Å². The van der Waals surface area contributed by atoms with E-state index in [9.17, 15) is 0 Å². The Morgan fingerprint density at radius 3 is 2.47 bits per heavy atom. The van der Waals surface area contributed by atoms with E-state index in [0.717, 1.165) is 18.6 Å². The van der Waals surface area contributed by atoms with Gasteiger partial charge in [0.2, 0.25) is 0 Å². The zero-order valence-electron chi connectivity index (χ0n) is 12.9. The summed E-state index contributed by atoms with van der Waals surface area (Å²) in [5, 5.41) is 0. The molecular formula is C17H27NO. The van der Waals surface area contributed by atoms with Crippen molar-refractivity contribution in [2.45, 2.75) is 53.0 Å². The van der Waals surface area contributed by atoms with E-state index < -0.39 is 0 Å². The fourth-order valence-electron chi connectivity index (χ4n) is 1.97. The SMILES string of the molecule is CCOc1cc(C)c(/C=C/CCC(C)(C)N)cc1C. The molecule has 0 bridgehead atoms. The molecule has 0 aliphatic heterocycles. The molecule has 0 saturated carbocycles. The van der Waals surface area contributed by atoms with Crippen LogP contribution in [0.5, 0.6) is 5.75 Å². The highest BCUT2D eigenvalue weighted by Crippen LogP contribution is 2.24. The Labute approximate surface area is 117 Å². The Balaban J connectivity index is 2.74. The average molecular weight is 261 g/mol. The van der Waals surface area contributed by atoms with Crippen LogP contribution in [0.15, 0.2) is 18.2 Å². The molecule has 2 heteroatoms. The van der Waals surface area contributed by atoms with Crippen LogP contribution < -0.4 is 10.5 Å². The van der Waals surface area contributed by atoms with Crippen molar-refractivity contribution < 1.29 is 4.74 Å². The van der Waals surface area contributed by atoms with Gasteiger partial charge in [0.25, 0.3) is 0 Å². The zero-order valence-corrected chi connectivity index (χ0v) is 12.9. The third-order valence-corrected chi connectivity index (χ3v) is 3.12. The summed E-state index contributed by atoms with van der Waals surface area (Å²) >= 11 is 0. The highest BCUT2D eigenvalue weighted by Gasteiger charge is 2.08. The van der Waals surface area contributed by atoms with Crippen LogP contribution in [0.3, 0.4) is 0 Å². The van der Waals surface area contributed by atoms with Crippen LogP contribution in [0.4, 0.5) is 0 Å². The molecule has 0 atom stereocenters. The van der Waals surface area contributed by atoms with Gasteiger partial charge >= 0.3 is 0 Å². The maximum absolute atomic E-state index is 5.97. The van der Waals surface area contributed by atoms with E-state index in [0.29, 0.717) is 6.61 Å². The highest BCUT2D eigenvalue weighted by molar-refractivity contribution is 5.57. The number of ether oxygens (including phenoxy) is 1. The summed E-state index contributed by atoms with van der Waals surface area (Å²) in [6, 6.07) is 4.30. The second kappa shape index (κ2) is 6.76. The van der Waals surface area contributed by atoms with Gasteiger partial charge in [-0.2, -0.15) is 0 Å². The monoisotopic (exact) mass is 261 g/mol. The standard InChI is InChI=1S/C17H27NO/c1-6-19-16-12-13(2)15(11-14(16)3)9-7-8-10-17(4,5)18/h7,9,11-12H,6,8,10,18H2,1-5H3/b9-7+. The van der Waals surface area contributed by atoms with Gasteiger partial charge in [0, 0.05) is 5.54 Å². The number of rotatable bonds is 6. The number of benzene rings is 1. The van der Waals surface area contributed by atoms with Crippen molar-refractivity contribution in [2.75, 3.05) is 6.61 Å². The molecule has 2 N–H and O–H groups in total. The van der Waals surface area contributed by atoms with Gasteiger partial charge in [0.1, 0.15) is 5.75 Å². The molecule has 1 rings (SSSR count). The lowest BCUT2D eigenvalue weighted by molar-refractivity contribution is 0.337. The normalized spacial score (nSPS) is 12.1. The van der Waals surface area contributed by atoms with Crippen LogP contribution in [0.25, 0.3) is 6.08 Å². The minimum absolute atomic E-state index is 0.0892. The van der Waals surface area contributed by atoms with E-state index in [2.05, 4.69) is 52.0 Å². The largest absolute Gasteiger partial charge is 0.494 e. The molecule has 0 aliphatic carbocycles. The van der Waals surface area contributed by atoms with Crippen molar-refractivity contribution >= 4 is 6.08 Å². The molecule has 106 valence electrons. The highest BCUT2D eigenvalue weighted by atomic mass is 16.5. The quantitative estimate of drug-likeness (QED) is 0.831.